The topological polar surface area (TPSA) is 65.1 Å². The third-order valence-electron chi connectivity index (χ3n) is 4.03. The second-order valence-electron chi connectivity index (χ2n) is 6.83. The molecule has 0 bridgehead atoms. The number of H-pyrrole nitrogens is 1. The number of rotatable bonds is 1. The lowest BCUT2D eigenvalue weighted by molar-refractivity contribution is 0.0404. The number of nitrogens with zero attached hydrogens (tertiary/aromatic N) is 4. The Balaban J connectivity index is 2.14. The van der Waals surface area contributed by atoms with Crippen molar-refractivity contribution in [2.45, 2.75) is 52.1 Å². The van der Waals surface area contributed by atoms with Gasteiger partial charge in [-0.15, -0.1) is 5.10 Å². The molecule has 6 nitrogen and oxygen atoms in total. The van der Waals surface area contributed by atoms with Crippen molar-refractivity contribution >= 4 is 5.91 Å². The fourth-order valence-corrected chi connectivity index (χ4v) is 2.40. The molecule has 1 aromatic rings. The highest BCUT2D eigenvalue weighted by molar-refractivity contribution is 5.90. The van der Waals surface area contributed by atoms with E-state index < -0.39 is 0 Å². The molecular formula is C14H25N5O. The zero-order chi connectivity index (χ0) is 15.1. The number of carbonyl (C=O) groups excluding carboxylic acids is 1. The molecule has 0 aromatic carbocycles. The van der Waals surface area contributed by atoms with E-state index in [2.05, 4.69) is 41.0 Å². The summed E-state index contributed by atoms with van der Waals surface area (Å²) in [5, 5.41) is 6.96. The van der Waals surface area contributed by atoms with Gasteiger partial charge in [-0.2, -0.15) is 0 Å². The van der Waals surface area contributed by atoms with Crippen molar-refractivity contribution in [3.8, 4) is 0 Å². The summed E-state index contributed by atoms with van der Waals surface area (Å²) in [7, 11) is 2.10. The standard InChI is InChI=1S/C14H25N5O/c1-9-7-19(8-10(2)18(9)6)12(20)11-15-13(17-16-11)14(3,4)5/h9-10H,7-8H2,1-6H3,(H,15,16,17). The van der Waals surface area contributed by atoms with Crippen LogP contribution >= 0.6 is 0 Å². The first-order valence-electron chi connectivity index (χ1n) is 7.14. The summed E-state index contributed by atoms with van der Waals surface area (Å²) in [5.41, 5.74) is -0.131. The first-order chi connectivity index (χ1) is 9.20. The molecule has 1 amide bonds. The summed E-state index contributed by atoms with van der Waals surface area (Å²) < 4.78 is 0. The maximum atomic E-state index is 12.5. The number of amides is 1. The van der Waals surface area contributed by atoms with Crippen LogP contribution in [-0.4, -0.2) is 63.1 Å². The van der Waals surface area contributed by atoms with Gasteiger partial charge in [-0.05, 0) is 20.9 Å². The van der Waals surface area contributed by atoms with Gasteiger partial charge in [0.05, 0.1) is 0 Å². The zero-order valence-corrected chi connectivity index (χ0v) is 13.3. The maximum absolute atomic E-state index is 12.5. The van der Waals surface area contributed by atoms with Crippen molar-refractivity contribution in [1.29, 1.82) is 0 Å². The highest BCUT2D eigenvalue weighted by Gasteiger charge is 2.32. The SMILES string of the molecule is CC1CN(C(=O)c2n[nH]c(C(C)(C)C)n2)CC(C)N1C. The predicted molar refractivity (Wildman–Crippen MR) is 77.7 cm³/mol. The third-order valence-corrected chi connectivity index (χ3v) is 4.03. The van der Waals surface area contributed by atoms with E-state index in [-0.39, 0.29) is 17.1 Å². The lowest BCUT2D eigenvalue weighted by atomic mass is 9.96. The monoisotopic (exact) mass is 279 g/mol. The molecule has 6 heteroatoms. The molecule has 0 aliphatic carbocycles. The molecule has 0 saturated carbocycles. The molecule has 1 saturated heterocycles. The normalized spacial score (nSPS) is 25.0. The predicted octanol–water partition coefficient (Wildman–Crippen LogP) is 1.27. The van der Waals surface area contributed by atoms with E-state index >= 15 is 0 Å². The summed E-state index contributed by atoms with van der Waals surface area (Å²) in [6.45, 7) is 11.8. The summed E-state index contributed by atoms with van der Waals surface area (Å²) in [6.07, 6.45) is 0. The highest BCUT2D eigenvalue weighted by atomic mass is 16.2. The average molecular weight is 279 g/mol. The van der Waals surface area contributed by atoms with E-state index in [0.29, 0.717) is 12.1 Å². The Labute approximate surface area is 120 Å². The fraction of sp³-hybridized carbons (Fsp3) is 0.786. The Kier molecular flexibility index (Phi) is 3.86. The van der Waals surface area contributed by atoms with Crippen LogP contribution in [0.1, 0.15) is 51.1 Å². The first-order valence-corrected chi connectivity index (χ1v) is 7.14. The number of hydrogen-bond donors (Lipinski definition) is 1. The van der Waals surface area contributed by atoms with Gasteiger partial charge < -0.3 is 4.90 Å². The van der Waals surface area contributed by atoms with Crippen LogP contribution in [0.5, 0.6) is 0 Å². The molecule has 2 unspecified atom stereocenters. The van der Waals surface area contributed by atoms with Crippen LogP contribution in [0.2, 0.25) is 0 Å². The number of nitrogens with one attached hydrogen (secondary N) is 1. The third kappa shape index (κ3) is 2.85. The molecule has 1 aromatic heterocycles. The summed E-state index contributed by atoms with van der Waals surface area (Å²) in [5.74, 6) is 0.943. The van der Waals surface area contributed by atoms with E-state index in [9.17, 15) is 4.79 Å². The summed E-state index contributed by atoms with van der Waals surface area (Å²) >= 11 is 0. The molecule has 2 rings (SSSR count). The van der Waals surface area contributed by atoms with E-state index in [4.69, 9.17) is 0 Å². The molecule has 1 N–H and O–H groups in total. The zero-order valence-electron chi connectivity index (χ0n) is 13.3. The van der Waals surface area contributed by atoms with Crippen LogP contribution in [0.15, 0.2) is 0 Å². The van der Waals surface area contributed by atoms with Crippen molar-refractivity contribution in [2.75, 3.05) is 20.1 Å². The van der Waals surface area contributed by atoms with E-state index in [0.717, 1.165) is 18.9 Å². The van der Waals surface area contributed by atoms with Crippen LogP contribution in [-0.2, 0) is 5.41 Å². The maximum Gasteiger partial charge on any atom is 0.293 e. The minimum absolute atomic E-state index is 0.0800. The van der Waals surface area contributed by atoms with Gasteiger partial charge >= 0.3 is 0 Å². The van der Waals surface area contributed by atoms with Crippen LogP contribution in [0.4, 0.5) is 0 Å². The summed E-state index contributed by atoms with van der Waals surface area (Å²) in [4.78, 5) is 21.0. The molecule has 2 atom stereocenters. The quantitative estimate of drug-likeness (QED) is 0.840. The molecule has 0 spiro atoms. The number of hydrogen-bond acceptors (Lipinski definition) is 4. The van der Waals surface area contributed by atoms with Gasteiger partial charge in [0.2, 0.25) is 5.82 Å². The summed E-state index contributed by atoms with van der Waals surface area (Å²) in [6, 6.07) is 0.701. The van der Waals surface area contributed by atoms with Crippen molar-refractivity contribution < 1.29 is 4.79 Å². The van der Waals surface area contributed by atoms with E-state index in [1.807, 2.05) is 25.7 Å². The van der Waals surface area contributed by atoms with Crippen LogP contribution < -0.4 is 0 Å². The number of aromatic nitrogens is 3. The molecular weight excluding hydrogens is 254 g/mol. The number of carbonyl (C=O) groups is 1. The molecule has 2 heterocycles. The molecule has 1 fully saturated rings. The Morgan fingerprint density at radius 3 is 2.25 bits per heavy atom. The van der Waals surface area contributed by atoms with Crippen molar-refractivity contribution in [2.24, 2.45) is 0 Å². The molecule has 112 valence electrons. The van der Waals surface area contributed by atoms with Gasteiger partial charge in [0, 0.05) is 30.6 Å². The minimum atomic E-state index is -0.131. The van der Waals surface area contributed by atoms with Gasteiger partial charge in [-0.3, -0.25) is 14.8 Å². The average Bonchev–Trinajstić information content (AvgIpc) is 2.83. The van der Waals surface area contributed by atoms with Gasteiger partial charge in [-0.25, -0.2) is 4.98 Å². The lowest BCUT2D eigenvalue weighted by Gasteiger charge is -2.42. The molecule has 0 radical (unpaired) electrons. The van der Waals surface area contributed by atoms with Crippen molar-refractivity contribution in [3.63, 3.8) is 0 Å². The Morgan fingerprint density at radius 1 is 1.25 bits per heavy atom. The van der Waals surface area contributed by atoms with Crippen molar-refractivity contribution in [1.82, 2.24) is 25.0 Å². The van der Waals surface area contributed by atoms with E-state index in [1.165, 1.54) is 0 Å². The Bertz CT molecular complexity index is 478. The van der Waals surface area contributed by atoms with Gasteiger partial charge in [0.25, 0.3) is 5.91 Å². The van der Waals surface area contributed by atoms with Gasteiger partial charge in [0.1, 0.15) is 5.82 Å². The van der Waals surface area contributed by atoms with Crippen LogP contribution in [0.25, 0.3) is 0 Å². The van der Waals surface area contributed by atoms with Gasteiger partial charge in [-0.1, -0.05) is 20.8 Å². The minimum Gasteiger partial charge on any atom is -0.333 e. The smallest absolute Gasteiger partial charge is 0.293 e. The second kappa shape index (κ2) is 5.16. The number of aromatic amines is 1. The Morgan fingerprint density at radius 2 is 1.80 bits per heavy atom. The lowest BCUT2D eigenvalue weighted by Crippen LogP contribution is -2.56. The second-order valence-corrected chi connectivity index (χ2v) is 6.83. The number of piperazine rings is 1. The first kappa shape index (κ1) is 15.0. The van der Waals surface area contributed by atoms with Crippen LogP contribution in [0, 0.1) is 0 Å². The molecule has 20 heavy (non-hydrogen) atoms. The number of likely N-dealkylation sites (N-methyl/N-ethyl adjacent to an activating group) is 1. The van der Waals surface area contributed by atoms with Crippen LogP contribution in [0.3, 0.4) is 0 Å². The van der Waals surface area contributed by atoms with E-state index in [1.54, 1.807) is 0 Å². The Hall–Kier alpha value is -1.43. The van der Waals surface area contributed by atoms with Gasteiger partial charge in [0.15, 0.2) is 0 Å². The molecule has 1 aliphatic rings. The highest BCUT2D eigenvalue weighted by Crippen LogP contribution is 2.19. The fourth-order valence-electron chi connectivity index (χ4n) is 2.40. The largest absolute Gasteiger partial charge is 0.333 e. The van der Waals surface area contributed by atoms with Crippen molar-refractivity contribution in [3.05, 3.63) is 11.6 Å². The molecule has 1 aliphatic heterocycles.